The van der Waals surface area contributed by atoms with E-state index in [-0.39, 0.29) is 5.88 Å². The summed E-state index contributed by atoms with van der Waals surface area (Å²) in [6, 6.07) is 13.1. The number of amides is 2. The zero-order valence-corrected chi connectivity index (χ0v) is 18.6. The number of alkyl halides is 3. The molecule has 0 unspecified atom stereocenters. The highest BCUT2D eigenvalue weighted by molar-refractivity contribution is 5.99. The van der Waals surface area contributed by atoms with Gasteiger partial charge < -0.3 is 20.7 Å². The lowest BCUT2D eigenvalue weighted by molar-refractivity contribution is -0.139. The third-order valence-electron chi connectivity index (χ3n) is 4.81. The first kappa shape index (κ1) is 24.4. The first-order chi connectivity index (χ1) is 17.2. The minimum atomic E-state index is -4.88. The van der Waals surface area contributed by atoms with Crippen molar-refractivity contribution < 1.29 is 27.1 Å². The second-order valence-corrected chi connectivity index (χ2v) is 7.24. The molecule has 0 bridgehead atoms. The quantitative estimate of drug-likeness (QED) is 0.275. The number of halogens is 4. The van der Waals surface area contributed by atoms with Gasteiger partial charge in [0.25, 0.3) is 0 Å². The number of carbonyl (C=O) groups is 1. The molecule has 8 nitrogen and oxygen atoms in total. The second kappa shape index (κ2) is 10.3. The molecule has 0 saturated carbocycles. The number of rotatable bonds is 6. The van der Waals surface area contributed by atoms with Crippen molar-refractivity contribution in [3.63, 3.8) is 0 Å². The largest absolute Gasteiger partial charge is 0.438 e. The molecule has 2 aromatic heterocycles. The van der Waals surface area contributed by atoms with Gasteiger partial charge in [-0.15, -0.1) is 0 Å². The number of aromatic nitrogens is 3. The van der Waals surface area contributed by atoms with E-state index in [9.17, 15) is 22.4 Å². The summed E-state index contributed by atoms with van der Waals surface area (Å²) in [7, 11) is 1.70. The maximum Gasteiger partial charge on any atom is 0.419 e. The van der Waals surface area contributed by atoms with E-state index in [2.05, 4.69) is 30.9 Å². The van der Waals surface area contributed by atoms with E-state index in [0.29, 0.717) is 34.7 Å². The van der Waals surface area contributed by atoms with Gasteiger partial charge in [-0.25, -0.2) is 24.1 Å². The van der Waals surface area contributed by atoms with E-state index < -0.39 is 29.3 Å². The number of nitrogens with one attached hydrogen (secondary N) is 3. The SMILES string of the molecule is CNc1nccc(-c2cccnc2Oc2ccc(NC(=O)Nc3cccc(C(F)(F)F)c3F)cc2)n1. The fraction of sp³-hybridized carbons (Fsp3) is 0.0833. The van der Waals surface area contributed by atoms with Crippen LogP contribution in [0.15, 0.2) is 73.1 Å². The van der Waals surface area contributed by atoms with E-state index >= 15 is 0 Å². The second-order valence-electron chi connectivity index (χ2n) is 7.24. The predicted octanol–water partition coefficient (Wildman–Crippen LogP) is 6.17. The van der Waals surface area contributed by atoms with Crippen LogP contribution in [-0.4, -0.2) is 28.0 Å². The van der Waals surface area contributed by atoms with Crippen LogP contribution >= 0.6 is 0 Å². The van der Waals surface area contributed by atoms with Crippen LogP contribution in [0.4, 0.5) is 39.7 Å². The highest BCUT2D eigenvalue weighted by Gasteiger charge is 2.35. The van der Waals surface area contributed by atoms with Crippen molar-refractivity contribution >= 4 is 23.4 Å². The van der Waals surface area contributed by atoms with E-state index in [1.54, 1.807) is 49.8 Å². The van der Waals surface area contributed by atoms with Crippen LogP contribution in [0.2, 0.25) is 0 Å². The zero-order valence-electron chi connectivity index (χ0n) is 18.6. The monoisotopic (exact) mass is 498 g/mol. The molecule has 0 aliphatic heterocycles. The molecule has 2 aromatic carbocycles. The number of ether oxygens (including phenoxy) is 1. The Morgan fingerprint density at radius 3 is 2.42 bits per heavy atom. The molecule has 0 aliphatic rings. The van der Waals surface area contributed by atoms with Gasteiger partial charge in [0.1, 0.15) is 5.75 Å². The molecule has 36 heavy (non-hydrogen) atoms. The van der Waals surface area contributed by atoms with Gasteiger partial charge in [-0.3, -0.25) is 0 Å². The Bertz CT molecular complexity index is 1380. The third kappa shape index (κ3) is 5.66. The number of benzene rings is 2. The summed E-state index contributed by atoms with van der Waals surface area (Å²) < 4.78 is 58.6. The number of anilines is 3. The molecular formula is C24H18F4N6O2. The van der Waals surface area contributed by atoms with Gasteiger partial charge in [0.2, 0.25) is 11.8 Å². The summed E-state index contributed by atoms with van der Waals surface area (Å²) in [5.74, 6) is -0.453. The Morgan fingerprint density at radius 2 is 1.69 bits per heavy atom. The van der Waals surface area contributed by atoms with Crippen molar-refractivity contribution in [2.24, 2.45) is 0 Å². The fourth-order valence-electron chi connectivity index (χ4n) is 3.15. The Labute approximate surface area is 202 Å². The Balaban J connectivity index is 1.45. The van der Waals surface area contributed by atoms with Gasteiger partial charge in [-0.05, 0) is 54.6 Å². The molecule has 2 heterocycles. The van der Waals surface area contributed by atoms with E-state index in [1.165, 1.54) is 12.1 Å². The average molecular weight is 498 g/mol. The van der Waals surface area contributed by atoms with Gasteiger partial charge in [0.05, 0.1) is 22.5 Å². The van der Waals surface area contributed by atoms with E-state index in [1.807, 2.05) is 0 Å². The van der Waals surface area contributed by atoms with Crippen molar-refractivity contribution in [3.8, 4) is 22.9 Å². The lowest BCUT2D eigenvalue weighted by Gasteiger charge is -2.13. The summed E-state index contributed by atoms with van der Waals surface area (Å²) in [4.78, 5) is 24.9. The average Bonchev–Trinajstić information content (AvgIpc) is 2.86. The van der Waals surface area contributed by atoms with Gasteiger partial charge in [-0.1, -0.05) is 6.07 Å². The van der Waals surface area contributed by atoms with Crippen LogP contribution in [0.5, 0.6) is 11.6 Å². The lowest BCUT2D eigenvalue weighted by atomic mass is 10.2. The molecule has 2 amide bonds. The molecule has 0 fully saturated rings. The van der Waals surface area contributed by atoms with Crippen LogP contribution in [0, 0.1) is 5.82 Å². The smallest absolute Gasteiger partial charge is 0.419 e. The van der Waals surface area contributed by atoms with Crippen LogP contribution in [-0.2, 0) is 6.18 Å². The number of nitrogens with zero attached hydrogens (tertiary/aromatic N) is 3. The topological polar surface area (TPSA) is 101 Å². The zero-order chi connectivity index (χ0) is 25.7. The molecule has 0 spiro atoms. The number of carbonyl (C=O) groups excluding carboxylic acids is 1. The number of pyridine rings is 1. The van der Waals surface area contributed by atoms with Gasteiger partial charge in [0.15, 0.2) is 5.82 Å². The predicted molar refractivity (Wildman–Crippen MR) is 125 cm³/mol. The Hall–Kier alpha value is -4.74. The fourth-order valence-corrected chi connectivity index (χ4v) is 3.15. The van der Waals surface area contributed by atoms with Crippen LogP contribution < -0.4 is 20.7 Å². The maximum absolute atomic E-state index is 14.1. The number of hydrogen-bond donors (Lipinski definition) is 3. The molecule has 0 aliphatic carbocycles. The highest BCUT2D eigenvalue weighted by Crippen LogP contribution is 2.34. The van der Waals surface area contributed by atoms with E-state index in [4.69, 9.17) is 4.74 Å². The van der Waals surface area contributed by atoms with Crippen molar-refractivity contribution in [3.05, 3.63) is 84.4 Å². The van der Waals surface area contributed by atoms with Crippen LogP contribution in [0.25, 0.3) is 11.3 Å². The summed E-state index contributed by atoms with van der Waals surface area (Å²) in [5, 5.41) is 7.36. The summed E-state index contributed by atoms with van der Waals surface area (Å²) >= 11 is 0. The molecule has 184 valence electrons. The molecule has 3 N–H and O–H groups in total. The minimum Gasteiger partial charge on any atom is -0.438 e. The standard InChI is InChI=1S/C24H18F4N6O2/c1-29-22-31-13-11-18(33-22)16-4-3-12-30-21(16)36-15-9-7-14(8-10-15)32-23(35)34-19-6-2-5-17(20(19)25)24(26,27)28/h2-13H,1H3,(H,29,31,33)(H2,32,34,35). The molecular weight excluding hydrogens is 480 g/mol. The highest BCUT2D eigenvalue weighted by atomic mass is 19.4. The minimum absolute atomic E-state index is 0.289. The van der Waals surface area contributed by atoms with Crippen molar-refractivity contribution in [2.45, 2.75) is 6.18 Å². The first-order valence-corrected chi connectivity index (χ1v) is 10.4. The maximum atomic E-state index is 14.1. The van der Waals surface area contributed by atoms with E-state index in [0.717, 1.165) is 12.1 Å². The normalized spacial score (nSPS) is 11.0. The third-order valence-corrected chi connectivity index (χ3v) is 4.81. The molecule has 0 saturated heterocycles. The summed E-state index contributed by atoms with van der Waals surface area (Å²) in [6.07, 6.45) is -1.72. The number of hydrogen-bond acceptors (Lipinski definition) is 6. The number of urea groups is 1. The van der Waals surface area contributed by atoms with Crippen molar-refractivity contribution in [1.29, 1.82) is 0 Å². The lowest BCUT2D eigenvalue weighted by Crippen LogP contribution is -2.21. The molecule has 12 heteroatoms. The molecule has 0 atom stereocenters. The van der Waals surface area contributed by atoms with Gasteiger partial charge in [0, 0.05) is 25.1 Å². The van der Waals surface area contributed by atoms with Crippen LogP contribution in [0.1, 0.15) is 5.56 Å². The Kier molecular flexibility index (Phi) is 6.95. The summed E-state index contributed by atoms with van der Waals surface area (Å²) in [5.41, 5.74) is -0.561. The van der Waals surface area contributed by atoms with Gasteiger partial charge >= 0.3 is 12.2 Å². The molecule has 4 aromatic rings. The molecule has 0 radical (unpaired) electrons. The first-order valence-electron chi connectivity index (χ1n) is 10.4. The van der Waals surface area contributed by atoms with Gasteiger partial charge in [-0.2, -0.15) is 13.2 Å². The van der Waals surface area contributed by atoms with Crippen molar-refractivity contribution in [1.82, 2.24) is 15.0 Å². The van der Waals surface area contributed by atoms with Crippen molar-refractivity contribution in [2.75, 3.05) is 23.0 Å². The molecule has 4 rings (SSSR count). The Morgan fingerprint density at radius 1 is 0.917 bits per heavy atom. The summed E-state index contributed by atoms with van der Waals surface area (Å²) in [6.45, 7) is 0. The van der Waals surface area contributed by atoms with Crippen LogP contribution in [0.3, 0.4) is 0 Å².